The van der Waals surface area contributed by atoms with Crippen molar-refractivity contribution in [2.75, 3.05) is 0 Å². The Hall–Kier alpha value is -1.96. The van der Waals surface area contributed by atoms with E-state index in [4.69, 9.17) is 11.1 Å². The van der Waals surface area contributed by atoms with Gasteiger partial charge in [-0.2, -0.15) is 0 Å². The fraction of sp³-hybridized carbons (Fsp3) is 0.417. The molecule has 0 bridgehead atoms. The van der Waals surface area contributed by atoms with E-state index in [0.717, 1.165) is 23.0 Å². The summed E-state index contributed by atoms with van der Waals surface area (Å²) in [5, 5.41) is 20.8. The van der Waals surface area contributed by atoms with Gasteiger partial charge < -0.3 is 5.73 Å². The minimum Gasteiger partial charge on any atom is -0.384 e. The minimum atomic E-state index is 0.0184. The van der Waals surface area contributed by atoms with Crippen molar-refractivity contribution in [1.29, 1.82) is 5.41 Å². The van der Waals surface area contributed by atoms with Crippen LogP contribution in [0.4, 0.5) is 0 Å². The number of hydrogen-bond donors (Lipinski definition) is 2. The van der Waals surface area contributed by atoms with Crippen molar-refractivity contribution in [2.45, 2.75) is 41.9 Å². The fourth-order valence-corrected chi connectivity index (χ4v) is 3.11. The third kappa shape index (κ3) is 2.64. The third-order valence-electron chi connectivity index (χ3n) is 3.38. The van der Waals surface area contributed by atoms with Crippen LogP contribution in [0.1, 0.15) is 37.3 Å². The number of amidine groups is 1. The third-order valence-corrected chi connectivity index (χ3v) is 4.28. The van der Waals surface area contributed by atoms with Gasteiger partial charge in [-0.15, -0.1) is 5.10 Å². The molecule has 1 aliphatic rings. The van der Waals surface area contributed by atoms with Crippen LogP contribution in [0.25, 0.3) is 0 Å². The first-order valence-electron chi connectivity index (χ1n) is 6.50. The molecule has 20 heavy (non-hydrogen) atoms. The maximum Gasteiger partial charge on any atom is 0.215 e. The molecule has 0 radical (unpaired) electrons. The first kappa shape index (κ1) is 13.0. The van der Waals surface area contributed by atoms with Gasteiger partial charge in [-0.3, -0.25) is 5.41 Å². The molecule has 1 aliphatic carbocycles. The van der Waals surface area contributed by atoms with Crippen LogP contribution in [0, 0.1) is 5.41 Å². The van der Waals surface area contributed by atoms with Gasteiger partial charge in [0, 0.05) is 11.8 Å². The summed E-state index contributed by atoms with van der Waals surface area (Å²) in [6.07, 6.45) is 6.33. The number of nitrogens with zero attached hydrogens (tertiary/aromatic N) is 5. The topological polar surface area (TPSA) is 106 Å². The lowest BCUT2D eigenvalue weighted by molar-refractivity contribution is 0.423. The lowest BCUT2D eigenvalue weighted by Gasteiger charge is -2.10. The highest BCUT2D eigenvalue weighted by atomic mass is 32.2. The van der Waals surface area contributed by atoms with Crippen LogP contribution in [0.2, 0.25) is 0 Å². The Bertz CT molecular complexity index is 601. The van der Waals surface area contributed by atoms with Crippen molar-refractivity contribution in [3.8, 4) is 0 Å². The van der Waals surface area contributed by atoms with Gasteiger partial charge in [0.05, 0.1) is 6.04 Å². The van der Waals surface area contributed by atoms with Gasteiger partial charge in [0.2, 0.25) is 5.16 Å². The van der Waals surface area contributed by atoms with Crippen molar-refractivity contribution < 1.29 is 0 Å². The van der Waals surface area contributed by atoms with Crippen LogP contribution < -0.4 is 5.73 Å². The highest BCUT2D eigenvalue weighted by molar-refractivity contribution is 7.99. The number of nitrogens with one attached hydrogen (secondary N) is 1. The Kier molecular flexibility index (Phi) is 3.64. The van der Waals surface area contributed by atoms with Crippen LogP contribution in [0.15, 0.2) is 28.5 Å². The van der Waals surface area contributed by atoms with E-state index in [1.165, 1.54) is 24.6 Å². The predicted molar refractivity (Wildman–Crippen MR) is 74.7 cm³/mol. The van der Waals surface area contributed by atoms with E-state index in [9.17, 15) is 0 Å². The number of pyridine rings is 1. The van der Waals surface area contributed by atoms with Gasteiger partial charge in [0.25, 0.3) is 0 Å². The zero-order valence-electron chi connectivity index (χ0n) is 10.9. The zero-order valence-corrected chi connectivity index (χ0v) is 11.7. The van der Waals surface area contributed by atoms with E-state index in [-0.39, 0.29) is 5.84 Å². The largest absolute Gasteiger partial charge is 0.384 e. The van der Waals surface area contributed by atoms with Crippen LogP contribution in [-0.2, 0) is 0 Å². The van der Waals surface area contributed by atoms with Crippen LogP contribution in [0.5, 0.6) is 0 Å². The molecule has 3 N–H and O–H groups in total. The molecule has 2 aromatic rings. The molecule has 7 nitrogen and oxygen atoms in total. The summed E-state index contributed by atoms with van der Waals surface area (Å²) < 4.78 is 1.90. The molecule has 0 aliphatic heterocycles. The summed E-state index contributed by atoms with van der Waals surface area (Å²) >= 11 is 1.43. The molecule has 0 saturated heterocycles. The SMILES string of the molecule is N=C(N)c1ccc(Sc2nnnn2C2CCCC2)nc1. The number of rotatable bonds is 4. The van der Waals surface area contributed by atoms with Crippen molar-refractivity contribution >= 4 is 17.6 Å². The Labute approximate surface area is 120 Å². The molecule has 3 rings (SSSR count). The van der Waals surface area contributed by atoms with Crippen LogP contribution in [-0.4, -0.2) is 31.0 Å². The zero-order chi connectivity index (χ0) is 13.9. The van der Waals surface area contributed by atoms with Crippen molar-refractivity contribution in [3.05, 3.63) is 23.9 Å². The lowest BCUT2D eigenvalue weighted by atomic mass is 10.3. The number of hydrogen-bond acceptors (Lipinski definition) is 6. The summed E-state index contributed by atoms with van der Waals surface area (Å²) in [6.45, 7) is 0. The highest BCUT2D eigenvalue weighted by Gasteiger charge is 2.22. The number of nitrogens with two attached hydrogens (primary N) is 1. The van der Waals surface area contributed by atoms with Gasteiger partial charge in [0.15, 0.2) is 0 Å². The van der Waals surface area contributed by atoms with E-state index in [0.29, 0.717) is 11.6 Å². The predicted octanol–water partition coefficient (Wildman–Crippen LogP) is 1.62. The molecule has 1 saturated carbocycles. The van der Waals surface area contributed by atoms with Gasteiger partial charge in [-0.25, -0.2) is 9.67 Å². The van der Waals surface area contributed by atoms with Crippen molar-refractivity contribution in [3.63, 3.8) is 0 Å². The second-order valence-corrected chi connectivity index (χ2v) is 5.73. The van der Waals surface area contributed by atoms with E-state index < -0.39 is 0 Å². The van der Waals surface area contributed by atoms with Gasteiger partial charge in [-0.05, 0) is 47.2 Å². The first-order valence-corrected chi connectivity index (χ1v) is 7.32. The molecule has 0 unspecified atom stereocenters. The molecule has 2 aromatic heterocycles. The average Bonchev–Trinajstić information content (AvgIpc) is 3.09. The number of tetrazole rings is 1. The molecule has 104 valence electrons. The Balaban J connectivity index is 1.77. The maximum absolute atomic E-state index is 7.34. The normalized spacial score (nSPS) is 15.6. The summed E-state index contributed by atoms with van der Waals surface area (Å²) in [4.78, 5) is 4.28. The Morgan fingerprint density at radius 3 is 2.80 bits per heavy atom. The molecular formula is C12H15N7S. The standard InChI is InChI=1S/C12H15N7S/c13-11(14)8-5-6-10(15-7-8)20-12-16-17-18-19(12)9-3-1-2-4-9/h5-7,9H,1-4H2,(H3,13,14). The molecule has 0 atom stereocenters. The molecule has 8 heteroatoms. The average molecular weight is 289 g/mol. The number of aromatic nitrogens is 5. The molecule has 0 amide bonds. The molecule has 0 spiro atoms. The first-order chi connectivity index (χ1) is 9.74. The smallest absolute Gasteiger partial charge is 0.215 e. The van der Waals surface area contributed by atoms with Crippen molar-refractivity contribution in [1.82, 2.24) is 25.2 Å². The van der Waals surface area contributed by atoms with Gasteiger partial charge in [-0.1, -0.05) is 12.8 Å². The van der Waals surface area contributed by atoms with E-state index in [2.05, 4.69) is 20.5 Å². The highest BCUT2D eigenvalue weighted by Crippen LogP contribution is 2.33. The number of nitrogen functional groups attached to an aromatic ring is 1. The minimum absolute atomic E-state index is 0.0184. The fourth-order valence-electron chi connectivity index (χ4n) is 2.32. The van der Waals surface area contributed by atoms with Gasteiger partial charge >= 0.3 is 0 Å². The second-order valence-electron chi connectivity index (χ2n) is 4.75. The van der Waals surface area contributed by atoms with E-state index in [1.807, 2.05) is 10.7 Å². The monoisotopic (exact) mass is 289 g/mol. The second kappa shape index (κ2) is 5.58. The van der Waals surface area contributed by atoms with Crippen LogP contribution >= 0.6 is 11.8 Å². The quantitative estimate of drug-likeness (QED) is 0.654. The van der Waals surface area contributed by atoms with Gasteiger partial charge in [0.1, 0.15) is 10.9 Å². The van der Waals surface area contributed by atoms with E-state index >= 15 is 0 Å². The maximum atomic E-state index is 7.34. The summed E-state index contributed by atoms with van der Waals surface area (Å²) in [5.41, 5.74) is 6.02. The Morgan fingerprint density at radius 1 is 1.35 bits per heavy atom. The van der Waals surface area contributed by atoms with Crippen LogP contribution in [0.3, 0.4) is 0 Å². The molecule has 2 heterocycles. The molecule has 0 aromatic carbocycles. The lowest BCUT2D eigenvalue weighted by Crippen LogP contribution is -2.11. The van der Waals surface area contributed by atoms with Crippen molar-refractivity contribution in [2.24, 2.45) is 5.73 Å². The summed E-state index contributed by atoms with van der Waals surface area (Å²) in [6, 6.07) is 4.01. The molecular weight excluding hydrogens is 274 g/mol. The Morgan fingerprint density at radius 2 is 2.15 bits per heavy atom. The van der Waals surface area contributed by atoms with E-state index in [1.54, 1.807) is 12.3 Å². The molecule has 1 fully saturated rings. The summed E-state index contributed by atoms with van der Waals surface area (Å²) in [7, 11) is 0. The summed E-state index contributed by atoms with van der Waals surface area (Å²) in [5.74, 6) is 0.0184.